The number of rotatable bonds is 5. The summed E-state index contributed by atoms with van der Waals surface area (Å²) in [6.45, 7) is 2.42. The van der Waals surface area contributed by atoms with Crippen LogP contribution in [-0.2, 0) is 11.3 Å². The minimum absolute atomic E-state index is 0.0241. The number of hydrogen-bond acceptors (Lipinski definition) is 4. The molecule has 1 heterocycles. The van der Waals surface area contributed by atoms with Gasteiger partial charge in [0.25, 0.3) is 0 Å². The van der Waals surface area contributed by atoms with E-state index in [1.54, 1.807) is 18.2 Å². The van der Waals surface area contributed by atoms with Gasteiger partial charge >= 0.3 is 5.97 Å². The van der Waals surface area contributed by atoms with Gasteiger partial charge in [-0.15, -0.1) is 0 Å². The van der Waals surface area contributed by atoms with Crippen molar-refractivity contribution in [1.29, 1.82) is 0 Å². The zero-order valence-electron chi connectivity index (χ0n) is 11.4. The van der Waals surface area contributed by atoms with Gasteiger partial charge in [0, 0.05) is 18.2 Å². The van der Waals surface area contributed by atoms with Gasteiger partial charge in [0.05, 0.1) is 13.4 Å². The van der Waals surface area contributed by atoms with E-state index >= 15 is 0 Å². The Balaban J connectivity index is 2.00. The Labute approximate surface area is 116 Å². The highest BCUT2D eigenvalue weighted by Gasteiger charge is 2.16. The predicted octanol–water partition coefficient (Wildman–Crippen LogP) is 3.06. The van der Waals surface area contributed by atoms with Crippen molar-refractivity contribution in [3.05, 3.63) is 59.3 Å². The molecule has 4 nitrogen and oxygen atoms in total. The zero-order valence-corrected chi connectivity index (χ0v) is 11.4. The van der Waals surface area contributed by atoms with E-state index in [0.29, 0.717) is 6.54 Å². The number of methoxy groups -OCH3 is 1. The third kappa shape index (κ3) is 3.24. The average Bonchev–Trinajstić information content (AvgIpc) is 2.93. The number of esters is 1. The summed E-state index contributed by atoms with van der Waals surface area (Å²) in [5.41, 5.74) is 1.69. The number of carbonyl (C=O) groups excluding carboxylic acids is 1. The lowest BCUT2D eigenvalue weighted by molar-refractivity contribution is 0.0563. The maximum absolute atomic E-state index is 12.9. The lowest BCUT2D eigenvalue weighted by atomic mass is 10.1. The Hall–Kier alpha value is -2.14. The zero-order chi connectivity index (χ0) is 14.5. The largest absolute Gasteiger partial charge is 0.463 e. The van der Waals surface area contributed by atoms with E-state index < -0.39 is 5.97 Å². The topological polar surface area (TPSA) is 51.5 Å². The summed E-state index contributed by atoms with van der Waals surface area (Å²) in [5.74, 6) is -0.559. The van der Waals surface area contributed by atoms with Crippen molar-refractivity contribution < 1.29 is 18.3 Å². The smallest absolute Gasteiger partial charge is 0.374 e. The van der Waals surface area contributed by atoms with Crippen molar-refractivity contribution >= 4 is 5.97 Å². The van der Waals surface area contributed by atoms with Crippen molar-refractivity contribution in [2.24, 2.45) is 0 Å². The Morgan fingerprint density at radius 1 is 1.35 bits per heavy atom. The molecule has 0 fully saturated rings. The van der Waals surface area contributed by atoms with Crippen molar-refractivity contribution in [3.8, 4) is 0 Å². The second-order valence-corrected chi connectivity index (χ2v) is 4.42. The maximum atomic E-state index is 12.9. The molecule has 2 aromatic rings. The van der Waals surface area contributed by atoms with Gasteiger partial charge in [0.1, 0.15) is 5.82 Å². The van der Waals surface area contributed by atoms with Gasteiger partial charge in [-0.1, -0.05) is 12.1 Å². The molecule has 1 atom stereocenters. The molecule has 1 aromatic heterocycles. The molecule has 0 saturated heterocycles. The van der Waals surface area contributed by atoms with Crippen LogP contribution < -0.4 is 5.32 Å². The lowest BCUT2D eigenvalue weighted by Crippen LogP contribution is -2.19. The van der Waals surface area contributed by atoms with Crippen LogP contribution in [0.4, 0.5) is 4.39 Å². The first-order valence-corrected chi connectivity index (χ1v) is 6.25. The third-order valence-electron chi connectivity index (χ3n) is 3.09. The molecule has 20 heavy (non-hydrogen) atoms. The highest BCUT2D eigenvalue weighted by Crippen LogP contribution is 2.16. The van der Waals surface area contributed by atoms with Crippen LogP contribution in [0.5, 0.6) is 0 Å². The number of carbonyl (C=O) groups is 1. The highest BCUT2D eigenvalue weighted by atomic mass is 19.1. The third-order valence-corrected chi connectivity index (χ3v) is 3.09. The fourth-order valence-corrected chi connectivity index (χ4v) is 1.88. The van der Waals surface area contributed by atoms with Gasteiger partial charge in [-0.3, -0.25) is 0 Å². The molecule has 0 aliphatic heterocycles. The quantitative estimate of drug-likeness (QED) is 0.853. The van der Waals surface area contributed by atoms with Gasteiger partial charge in [0.2, 0.25) is 5.76 Å². The molecule has 2 rings (SSSR count). The second kappa shape index (κ2) is 6.34. The monoisotopic (exact) mass is 277 g/mol. The van der Waals surface area contributed by atoms with Crippen LogP contribution in [0.1, 0.15) is 34.6 Å². The first kappa shape index (κ1) is 14.3. The number of benzene rings is 1. The molecular formula is C15H16FNO3. The SMILES string of the molecule is COC(=O)c1occc1CNC(C)c1ccc(F)cc1. The normalized spacial score (nSPS) is 12.2. The van der Waals surface area contributed by atoms with Crippen molar-refractivity contribution in [1.82, 2.24) is 5.32 Å². The second-order valence-electron chi connectivity index (χ2n) is 4.42. The van der Waals surface area contributed by atoms with Gasteiger partial charge in [-0.05, 0) is 30.7 Å². The van der Waals surface area contributed by atoms with E-state index in [9.17, 15) is 9.18 Å². The van der Waals surface area contributed by atoms with Crippen LogP contribution in [0.3, 0.4) is 0 Å². The minimum atomic E-state index is -0.499. The Morgan fingerprint density at radius 3 is 2.70 bits per heavy atom. The van der Waals surface area contributed by atoms with Crippen LogP contribution in [-0.4, -0.2) is 13.1 Å². The molecule has 0 aliphatic rings. The van der Waals surface area contributed by atoms with E-state index in [2.05, 4.69) is 10.1 Å². The summed E-state index contributed by atoms with van der Waals surface area (Å²) in [6, 6.07) is 8.04. The molecule has 0 spiro atoms. The number of halogens is 1. The van der Waals surface area contributed by atoms with E-state index in [4.69, 9.17) is 4.42 Å². The van der Waals surface area contributed by atoms with Gasteiger partial charge < -0.3 is 14.5 Å². The van der Waals surface area contributed by atoms with Gasteiger partial charge in [-0.25, -0.2) is 9.18 Å². The predicted molar refractivity (Wildman–Crippen MR) is 71.7 cm³/mol. The van der Waals surface area contributed by atoms with Crippen molar-refractivity contribution in [2.45, 2.75) is 19.5 Å². The minimum Gasteiger partial charge on any atom is -0.463 e. The first-order valence-electron chi connectivity index (χ1n) is 6.25. The van der Waals surface area contributed by atoms with Crippen LogP contribution in [0.2, 0.25) is 0 Å². The first-order chi connectivity index (χ1) is 9.61. The van der Waals surface area contributed by atoms with Gasteiger partial charge in [0.15, 0.2) is 0 Å². The molecule has 0 radical (unpaired) electrons. The fourth-order valence-electron chi connectivity index (χ4n) is 1.88. The Bertz CT molecular complexity index is 577. The molecule has 0 amide bonds. The van der Waals surface area contributed by atoms with E-state index in [1.165, 1.54) is 25.5 Å². The van der Waals surface area contributed by atoms with Crippen LogP contribution in [0, 0.1) is 5.82 Å². The summed E-state index contributed by atoms with van der Waals surface area (Å²) in [5, 5.41) is 3.25. The van der Waals surface area contributed by atoms with E-state index in [0.717, 1.165) is 11.1 Å². The molecule has 5 heteroatoms. The van der Waals surface area contributed by atoms with Gasteiger partial charge in [-0.2, -0.15) is 0 Å². The Morgan fingerprint density at radius 2 is 2.05 bits per heavy atom. The molecule has 106 valence electrons. The van der Waals surface area contributed by atoms with Crippen molar-refractivity contribution in [2.75, 3.05) is 7.11 Å². The number of ether oxygens (including phenoxy) is 1. The standard InChI is InChI=1S/C15H16FNO3/c1-10(11-3-5-13(16)6-4-11)17-9-12-7-8-20-14(12)15(18)19-2/h3-8,10,17H,9H2,1-2H3. The fraction of sp³-hybridized carbons (Fsp3) is 0.267. The van der Waals surface area contributed by atoms with E-state index in [-0.39, 0.29) is 17.6 Å². The Kier molecular flexibility index (Phi) is 4.53. The molecule has 1 unspecified atom stereocenters. The lowest BCUT2D eigenvalue weighted by Gasteiger charge is -2.14. The average molecular weight is 277 g/mol. The molecule has 0 saturated carbocycles. The van der Waals surface area contributed by atoms with Crippen LogP contribution in [0.25, 0.3) is 0 Å². The molecule has 0 bridgehead atoms. The molecule has 1 N–H and O–H groups in total. The number of furan rings is 1. The highest BCUT2D eigenvalue weighted by molar-refractivity contribution is 5.87. The van der Waals surface area contributed by atoms with Crippen LogP contribution >= 0.6 is 0 Å². The van der Waals surface area contributed by atoms with Crippen molar-refractivity contribution in [3.63, 3.8) is 0 Å². The summed E-state index contributed by atoms with van der Waals surface area (Å²) in [6.07, 6.45) is 1.45. The summed E-state index contributed by atoms with van der Waals surface area (Å²) in [4.78, 5) is 11.5. The molecule has 0 aliphatic carbocycles. The molecule has 1 aromatic carbocycles. The number of hydrogen-bond donors (Lipinski definition) is 1. The summed E-state index contributed by atoms with van der Waals surface area (Å²) in [7, 11) is 1.31. The van der Waals surface area contributed by atoms with Crippen LogP contribution in [0.15, 0.2) is 41.0 Å². The maximum Gasteiger partial charge on any atom is 0.374 e. The van der Waals surface area contributed by atoms with E-state index in [1.807, 2.05) is 6.92 Å². The number of nitrogens with one attached hydrogen (secondary N) is 1. The summed E-state index contributed by atoms with van der Waals surface area (Å²) < 4.78 is 22.6. The molecular weight excluding hydrogens is 261 g/mol. The summed E-state index contributed by atoms with van der Waals surface area (Å²) >= 11 is 0.